The molecule has 1 aliphatic rings. The Kier molecular flexibility index (Phi) is 4.51. The van der Waals surface area contributed by atoms with Crippen molar-refractivity contribution in [1.29, 1.82) is 0 Å². The van der Waals surface area contributed by atoms with Crippen molar-refractivity contribution in [2.75, 3.05) is 40.8 Å². The molecule has 1 aromatic carbocycles. The molecule has 3 rings (SSSR count). The maximum Gasteiger partial charge on any atom is 0.270 e. The minimum Gasteiger partial charge on any atom is -0.347 e. The first-order chi connectivity index (χ1) is 11.8. The molecule has 0 bridgehead atoms. The third kappa shape index (κ3) is 3.11. The number of piperazine rings is 1. The molecule has 0 N–H and O–H groups in total. The largest absolute Gasteiger partial charge is 0.347 e. The third-order valence-corrected chi connectivity index (χ3v) is 4.88. The molecule has 6 nitrogen and oxygen atoms in total. The van der Waals surface area contributed by atoms with Crippen molar-refractivity contribution in [1.82, 2.24) is 19.3 Å². The lowest BCUT2D eigenvalue weighted by molar-refractivity contribution is -0.135. The highest BCUT2D eigenvalue weighted by Gasteiger charge is 2.34. The second-order valence-corrected chi connectivity index (χ2v) is 6.77. The first kappa shape index (κ1) is 17.4. The van der Waals surface area contributed by atoms with Gasteiger partial charge in [-0.1, -0.05) is 0 Å². The van der Waals surface area contributed by atoms with Crippen molar-refractivity contribution in [2.45, 2.75) is 6.04 Å². The van der Waals surface area contributed by atoms with Crippen LogP contribution in [0, 0.1) is 5.82 Å². The van der Waals surface area contributed by atoms with Gasteiger partial charge in [0.25, 0.3) is 5.91 Å². The highest BCUT2D eigenvalue weighted by molar-refractivity contribution is 5.99. The van der Waals surface area contributed by atoms with Crippen LogP contribution in [0.5, 0.6) is 0 Å². The lowest BCUT2D eigenvalue weighted by atomic mass is 10.1. The Morgan fingerprint density at radius 2 is 1.88 bits per heavy atom. The smallest absolute Gasteiger partial charge is 0.270 e. The molecule has 2 heterocycles. The highest BCUT2D eigenvalue weighted by Crippen LogP contribution is 2.22. The molecule has 2 amide bonds. The molecular formula is C18H23FN4O2. The van der Waals surface area contributed by atoms with E-state index in [-0.39, 0.29) is 23.7 Å². The molecule has 0 radical (unpaired) electrons. The summed E-state index contributed by atoms with van der Waals surface area (Å²) in [4.78, 5) is 30.6. The molecule has 1 saturated heterocycles. The monoisotopic (exact) mass is 346 g/mol. The lowest BCUT2D eigenvalue weighted by Gasteiger charge is -2.39. The average molecular weight is 346 g/mol. The molecule has 0 saturated carbocycles. The zero-order valence-electron chi connectivity index (χ0n) is 15.0. The summed E-state index contributed by atoms with van der Waals surface area (Å²) < 4.78 is 15.2. The quantitative estimate of drug-likeness (QED) is 0.820. The van der Waals surface area contributed by atoms with Crippen LogP contribution in [0.25, 0.3) is 10.9 Å². The van der Waals surface area contributed by atoms with Gasteiger partial charge < -0.3 is 14.4 Å². The van der Waals surface area contributed by atoms with Crippen molar-refractivity contribution in [3.63, 3.8) is 0 Å². The van der Waals surface area contributed by atoms with Gasteiger partial charge in [0.1, 0.15) is 17.6 Å². The van der Waals surface area contributed by atoms with E-state index in [0.717, 1.165) is 5.52 Å². The molecular weight excluding hydrogens is 323 g/mol. The molecule has 1 aliphatic heterocycles. The normalized spacial score (nSPS) is 18.6. The van der Waals surface area contributed by atoms with Crippen LogP contribution in [0.15, 0.2) is 24.3 Å². The second kappa shape index (κ2) is 6.48. The first-order valence-corrected chi connectivity index (χ1v) is 8.25. The molecule has 134 valence electrons. The van der Waals surface area contributed by atoms with Crippen LogP contribution in [0.3, 0.4) is 0 Å². The molecule has 0 aliphatic carbocycles. The van der Waals surface area contributed by atoms with Crippen molar-refractivity contribution in [3.8, 4) is 0 Å². The number of rotatable bonds is 2. The SMILES string of the molecule is CN(C)C(=O)[C@H]1CN(C(=O)c2cc3cc(F)ccc3n2C)CCN1C. The Labute approximate surface area is 146 Å². The number of nitrogens with zero attached hydrogens (tertiary/aromatic N) is 4. The van der Waals surface area contributed by atoms with Gasteiger partial charge >= 0.3 is 0 Å². The summed E-state index contributed by atoms with van der Waals surface area (Å²) in [5, 5.41) is 0.695. The third-order valence-electron chi connectivity index (χ3n) is 4.88. The summed E-state index contributed by atoms with van der Waals surface area (Å²) in [5.74, 6) is -0.476. The maximum absolute atomic E-state index is 13.4. The van der Waals surface area contributed by atoms with Gasteiger partial charge in [-0.3, -0.25) is 14.5 Å². The fourth-order valence-corrected chi connectivity index (χ4v) is 3.31. The molecule has 2 aromatic rings. The van der Waals surface area contributed by atoms with Crippen LogP contribution < -0.4 is 0 Å². The minimum absolute atomic E-state index is 0.0147. The Morgan fingerprint density at radius 1 is 1.16 bits per heavy atom. The van der Waals surface area contributed by atoms with Gasteiger partial charge in [0.05, 0.1) is 0 Å². The molecule has 1 aromatic heterocycles. The Balaban J connectivity index is 1.88. The van der Waals surface area contributed by atoms with Gasteiger partial charge in [0.15, 0.2) is 0 Å². The van der Waals surface area contributed by atoms with Crippen LogP contribution in [0.2, 0.25) is 0 Å². The molecule has 7 heteroatoms. The van der Waals surface area contributed by atoms with Gasteiger partial charge in [-0.25, -0.2) is 4.39 Å². The van der Waals surface area contributed by atoms with Gasteiger partial charge in [0, 0.05) is 51.7 Å². The van der Waals surface area contributed by atoms with Crippen LogP contribution in [0.4, 0.5) is 4.39 Å². The van der Waals surface area contributed by atoms with Crippen molar-refractivity contribution >= 4 is 22.7 Å². The number of likely N-dealkylation sites (N-methyl/N-ethyl adjacent to an activating group) is 2. The number of fused-ring (bicyclic) bond motifs is 1. The van der Waals surface area contributed by atoms with Crippen LogP contribution in [-0.4, -0.2) is 77.9 Å². The Morgan fingerprint density at radius 3 is 2.56 bits per heavy atom. The van der Waals surface area contributed by atoms with E-state index in [1.165, 1.54) is 12.1 Å². The van der Waals surface area contributed by atoms with E-state index in [0.29, 0.717) is 30.7 Å². The predicted molar refractivity (Wildman–Crippen MR) is 93.9 cm³/mol. The minimum atomic E-state index is -0.347. The molecule has 0 unspecified atom stereocenters. The first-order valence-electron chi connectivity index (χ1n) is 8.25. The van der Waals surface area contributed by atoms with E-state index < -0.39 is 0 Å². The zero-order valence-corrected chi connectivity index (χ0v) is 15.0. The van der Waals surface area contributed by atoms with Gasteiger partial charge in [0.2, 0.25) is 5.91 Å². The Bertz CT molecular complexity index is 830. The number of benzene rings is 1. The molecule has 1 fully saturated rings. The number of aromatic nitrogens is 1. The summed E-state index contributed by atoms with van der Waals surface area (Å²) in [5.41, 5.74) is 1.31. The van der Waals surface area contributed by atoms with E-state index in [2.05, 4.69) is 0 Å². The van der Waals surface area contributed by atoms with Crippen molar-refractivity contribution in [3.05, 3.63) is 35.8 Å². The van der Waals surface area contributed by atoms with E-state index >= 15 is 0 Å². The number of carbonyl (C=O) groups is 2. The summed E-state index contributed by atoms with van der Waals surface area (Å²) >= 11 is 0. The highest BCUT2D eigenvalue weighted by atomic mass is 19.1. The van der Waals surface area contributed by atoms with Crippen LogP contribution >= 0.6 is 0 Å². The van der Waals surface area contributed by atoms with E-state index in [1.54, 1.807) is 47.6 Å². The van der Waals surface area contributed by atoms with Crippen molar-refractivity contribution < 1.29 is 14.0 Å². The van der Waals surface area contributed by atoms with Gasteiger partial charge in [-0.2, -0.15) is 0 Å². The van der Waals surface area contributed by atoms with E-state index in [4.69, 9.17) is 0 Å². The molecule has 25 heavy (non-hydrogen) atoms. The van der Waals surface area contributed by atoms with E-state index in [1.807, 2.05) is 11.9 Å². The summed E-state index contributed by atoms with van der Waals surface area (Å²) in [6, 6.07) is 5.85. The second-order valence-electron chi connectivity index (χ2n) is 6.77. The number of carbonyl (C=O) groups excluding carboxylic acids is 2. The zero-order chi connectivity index (χ0) is 18.3. The topological polar surface area (TPSA) is 48.8 Å². The number of amides is 2. The van der Waals surface area contributed by atoms with Gasteiger partial charge in [-0.05, 0) is 31.3 Å². The average Bonchev–Trinajstić information content (AvgIpc) is 2.90. The Hall–Kier alpha value is -2.41. The summed E-state index contributed by atoms with van der Waals surface area (Å²) in [6.45, 7) is 1.54. The fourth-order valence-electron chi connectivity index (χ4n) is 3.31. The van der Waals surface area contributed by atoms with E-state index in [9.17, 15) is 14.0 Å². The number of hydrogen-bond donors (Lipinski definition) is 0. The lowest BCUT2D eigenvalue weighted by Crippen LogP contribution is -2.58. The van der Waals surface area contributed by atoms with Gasteiger partial charge in [-0.15, -0.1) is 0 Å². The predicted octanol–water partition coefficient (Wildman–Crippen LogP) is 1.16. The fraction of sp³-hybridized carbons (Fsp3) is 0.444. The summed E-state index contributed by atoms with van der Waals surface area (Å²) in [7, 11) is 7.13. The molecule has 1 atom stereocenters. The maximum atomic E-state index is 13.4. The number of halogens is 1. The molecule has 0 spiro atoms. The number of aryl methyl sites for hydroxylation is 1. The number of hydrogen-bond acceptors (Lipinski definition) is 3. The van der Waals surface area contributed by atoms with Crippen LogP contribution in [-0.2, 0) is 11.8 Å². The summed E-state index contributed by atoms with van der Waals surface area (Å²) in [6.07, 6.45) is 0. The van der Waals surface area contributed by atoms with Crippen molar-refractivity contribution in [2.24, 2.45) is 7.05 Å². The standard InChI is InChI=1S/C18H23FN4O2/c1-20(2)17(24)16-11-23(8-7-21(16)3)18(25)15-10-12-9-13(19)5-6-14(12)22(15)4/h5-6,9-10,16H,7-8,11H2,1-4H3/t16-/m1/s1. The van der Waals surface area contributed by atoms with Crippen LogP contribution in [0.1, 0.15) is 10.5 Å².